The molecule has 1 atom stereocenters. The Labute approximate surface area is 189 Å². The molecular weight excluding hydrogens is 426 g/mol. The maximum absolute atomic E-state index is 14.5. The number of nitriles is 1. The van der Waals surface area contributed by atoms with Gasteiger partial charge in [-0.1, -0.05) is 26.0 Å². The number of halogens is 2. The fourth-order valence-corrected chi connectivity index (χ4v) is 4.11. The van der Waals surface area contributed by atoms with Crippen LogP contribution in [0.4, 0.5) is 8.78 Å². The molecule has 168 valence electrons. The molecule has 0 N–H and O–H groups in total. The van der Waals surface area contributed by atoms with Crippen molar-refractivity contribution in [3.05, 3.63) is 69.3 Å². The largest absolute Gasteiger partial charge is 0.485 e. The van der Waals surface area contributed by atoms with E-state index in [4.69, 9.17) is 4.74 Å². The number of aliphatic imine (C=N–C) groups is 1. The molecule has 33 heavy (non-hydrogen) atoms. The second kappa shape index (κ2) is 8.94. The second-order valence-corrected chi connectivity index (χ2v) is 7.87. The van der Waals surface area contributed by atoms with Gasteiger partial charge in [0.05, 0.1) is 23.2 Å². The topological polar surface area (TPSA) is 80.3 Å². The highest BCUT2D eigenvalue weighted by molar-refractivity contribution is 6.03. The lowest BCUT2D eigenvalue weighted by Gasteiger charge is -2.26. The summed E-state index contributed by atoms with van der Waals surface area (Å²) in [5.41, 5.74) is 1.87. The Hall–Kier alpha value is -3.86. The fraction of sp³-hybridized carbons (Fsp3) is 0.280. The zero-order valence-corrected chi connectivity index (χ0v) is 18.5. The van der Waals surface area contributed by atoms with Gasteiger partial charge < -0.3 is 4.74 Å². The van der Waals surface area contributed by atoms with Gasteiger partial charge in [0.25, 0.3) is 5.56 Å². The van der Waals surface area contributed by atoms with Crippen molar-refractivity contribution in [3.63, 3.8) is 0 Å². The van der Waals surface area contributed by atoms with Gasteiger partial charge in [-0.15, -0.1) is 0 Å². The van der Waals surface area contributed by atoms with Crippen molar-refractivity contribution >= 4 is 17.5 Å². The summed E-state index contributed by atoms with van der Waals surface area (Å²) in [4.78, 5) is 22.3. The summed E-state index contributed by atoms with van der Waals surface area (Å²) in [7, 11) is 0. The molecule has 2 aromatic heterocycles. The first-order valence-corrected chi connectivity index (χ1v) is 10.6. The van der Waals surface area contributed by atoms with Gasteiger partial charge >= 0.3 is 0 Å². The Bertz CT molecular complexity index is 1360. The van der Waals surface area contributed by atoms with E-state index >= 15 is 0 Å². The molecule has 1 unspecified atom stereocenters. The summed E-state index contributed by atoms with van der Waals surface area (Å²) in [5.74, 6) is -0.885. The summed E-state index contributed by atoms with van der Waals surface area (Å²) in [5, 5.41) is 9.66. The molecule has 0 fully saturated rings. The minimum atomic E-state index is -0.700. The third-order valence-electron chi connectivity index (χ3n) is 5.66. The lowest BCUT2D eigenvalue weighted by molar-refractivity contribution is 0.290. The number of rotatable bonds is 4. The van der Waals surface area contributed by atoms with Crippen LogP contribution in [0.3, 0.4) is 0 Å². The molecule has 2 aliphatic heterocycles. The van der Waals surface area contributed by atoms with Gasteiger partial charge in [0, 0.05) is 30.0 Å². The number of nitrogens with zero attached hydrogens (tertiary/aromatic N) is 4. The molecule has 8 heteroatoms. The smallest absolute Gasteiger partial charge is 0.263 e. The highest BCUT2D eigenvalue weighted by atomic mass is 19.1. The molecule has 0 spiro atoms. The van der Waals surface area contributed by atoms with E-state index in [2.05, 4.69) is 9.98 Å². The van der Waals surface area contributed by atoms with Crippen LogP contribution in [0.25, 0.3) is 22.5 Å². The number of aromatic nitrogens is 2. The first-order chi connectivity index (χ1) is 15.9. The van der Waals surface area contributed by atoms with Crippen molar-refractivity contribution in [3.8, 4) is 23.1 Å². The van der Waals surface area contributed by atoms with E-state index < -0.39 is 17.2 Å². The number of hydrogen-bond acceptors (Lipinski definition) is 5. The van der Waals surface area contributed by atoms with Crippen molar-refractivity contribution in [1.82, 2.24) is 9.55 Å². The zero-order valence-electron chi connectivity index (χ0n) is 18.5. The third kappa shape index (κ3) is 3.91. The van der Waals surface area contributed by atoms with Gasteiger partial charge in [0.2, 0.25) is 0 Å². The van der Waals surface area contributed by atoms with Crippen LogP contribution in [-0.2, 0) is 6.61 Å². The lowest BCUT2D eigenvalue weighted by Crippen LogP contribution is -2.30. The summed E-state index contributed by atoms with van der Waals surface area (Å²) in [6.45, 7) is 5.85. The van der Waals surface area contributed by atoms with Gasteiger partial charge in [0.15, 0.2) is 0 Å². The monoisotopic (exact) mass is 448 g/mol. The molecule has 0 bridgehead atoms. The molecule has 6 nitrogen and oxygen atoms in total. The molecule has 0 amide bonds. The molecule has 4 heterocycles. The number of pyridine rings is 2. The molecule has 0 aliphatic carbocycles. The molecule has 0 saturated heterocycles. The number of hydrogen-bond donors (Lipinski definition) is 0. The van der Waals surface area contributed by atoms with E-state index in [0.29, 0.717) is 29.2 Å². The van der Waals surface area contributed by atoms with Crippen LogP contribution in [0, 0.1) is 23.1 Å². The SMILES string of the molecule is C/C=C(F)\C(C#N)=C(/CC)c1cc2c(n(C3=CC(C)CN=C3)c1=O)COc1cc(F)cnc1-2. The number of allylic oxidation sites excluding steroid dienone is 5. The van der Waals surface area contributed by atoms with Crippen molar-refractivity contribution in [1.29, 1.82) is 5.26 Å². The molecule has 2 aliphatic rings. The van der Waals surface area contributed by atoms with E-state index in [1.165, 1.54) is 23.6 Å². The van der Waals surface area contributed by atoms with Crippen LogP contribution >= 0.6 is 0 Å². The van der Waals surface area contributed by atoms with Gasteiger partial charge in [-0.05, 0) is 30.9 Å². The highest BCUT2D eigenvalue weighted by Crippen LogP contribution is 2.38. The van der Waals surface area contributed by atoms with Crippen molar-refractivity contribution in [2.45, 2.75) is 33.8 Å². The van der Waals surface area contributed by atoms with Crippen LogP contribution in [0.1, 0.15) is 38.4 Å². The minimum Gasteiger partial charge on any atom is -0.485 e. The third-order valence-corrected chi connectivity index (χ3v) is 5.66. The van der Waals surface area contributed by atoms with Crippen LogP contribution in [0.5, 0.6) is 5.75 Å². The average Bonchev–Trinajstić information content (AvgIpc) is 2.81. The molecule has 0 aromatic carbocycles. The van der Waals surface area contributed by atoms with Crippen LogP contribution < -0.4 is 10.3 Å². The number of ether oxygens (including phenoxy) is 1. The molecule has 4 rings (SSSR count). The zero-order chi connectivity index (χ0) is 23.7. The summed E-state index contributed by atoms with van der Waals surface area (Å²) in [6.07, 6.45) is 6.07. The van der Waals surface area contributed by atoms with Gasteiger partial charge in [0.1, 0.15) is 35.8 Å². The molecule has 2 aromatic rings. The maximum atomic E-state index is 14.5. The molecule has 0 saturated carbocycles. The Morgan fingerprint density at radius 3 is 2.88 bits per heavy atom. The second-order valence-electron chi connectivity index (χ2n) is 7.87. The van der Waals surface area contributed by atoms with Crippen LogP contribution in [-0.4, -0.2) is 22.3 Å². The first-order valence-electron chi connectivity index (χ1n) is 10.6. The van der Waals surface area contributed by atoms with E-state index in [0.717, 1.165) is 6.20 Å². The first kappa shape index (κ1) is 22.3. The molecule has 0 radical (unpaired) electrons. The number of fused-ring (bicyclic) bond motifs is 3. The lowest BCUT2D eigenvalue weighted by atomic mass is 9.94. The predicted octanol–water partition coefficient (Wildman–Crippen LogP) is 5.06. The van der Waals surface area contributed by atoms with Gasteiger partial charge in [-0.2, -0.15) is 5.26 Å². The van der Waals surface area contributed by atoms with Gasteiger partial charge in [-0.25, -0.2) is 13.8 Å². The normalized spacial score (nSPS) is 17.9. The van der Waals surface area contributed by atoms with E-state index in [1.807, 2.05) is 19.1 Å². The fourth-order valence-electron chi connectivity index (χ4n) is 4.11. The summed E-state index contributed by atoms with van der Waals surface area (Å²) >= 11 is 0. The maximum Gasteiger partial charge on any atom is 0.263 e. The predicted molar refractivity (Wildman–Crippen MR) is 123 cm³/mol. The Kier molecular flexibility index (Phi) is 6.05. The standard InChI is InChI=1S/C25H22F2N4O2/c1-4-17(20(9-28)21(27)5-2)18-8-19-22(13-33-23-7-15(26)11-30-24(19)23)31(25(18)32)16-6-14(3)10-29-12-16/h5-8,11-12,14H,4,10,13H2,1-3H3/b20-17+,21-5+. The van der Waals surface area contributed by atoms with Crippen molar-refractivity contribution in [2.75, 3.05) is 6.54 Å². The van der Waals surface area contributed by atoms with Crippen LogP contribution in [0.15, 0.2) is 51.7 Å². The highest BCUT2D eigenvalue weighted by Gasteiger charge is 2.28. The van der Waals surface area contributed by atoms with E-state index in [1.54, 1.807) is 19.2 Å². The van der Waals surface area contributed by atoms with Crippen LogP contribution in [0.2, 0.25) is 0 Å². The Morgan fingerprint density at radius 2 is 2.21 bits per heavy atom. The summed E-state index contributed by atoms with van der Waals surface area (Å²) in [6, 6.07) is 4.74. The van der Waals surface area contributed by atoms with E-state index in [-0.39, 0.29) is 41.4 Å². The van der Waals surface area contributed by atoms with Gasteiger partial charge in [-0.3, -0.25) is 14.4 Å². The quantitative estimate of drug-likeness (QED) is 0.484. The van der Waals surface area contributed by atoms with Crippen molar-refractivity contribution < 1.29 is 13.5 Å². The number of dihydropyridines is 1. The average molecular weight is 448 g/mol. The molecular formula is C25H22F2N4O2. The summed E-state index contributed by atoms with van der Waals surface area (Å²) < 4.78 is 35.5. The Morgan fingerprint density at radius 1 is 1.42 bits per heavy atom. The van der Waals surface area contributed by atoms with Crippen molar-refractivity contribution in [2.24, 2.45) is 10.9 Å². The Balaban J connectivity index is 2.11. The minimum absolute atomic E-state index is 0.0159. The van der Waals surface area contributed by atoms with E-state index in [9.17, 15) is 18.8 Å².